The number of pyridine rings is 1. The minimum absolute atomic E-state index is 0.813. The van der Waals surface area contributed by atoms with Crippen LogP contribution in [0.25, 0.3) is 64.9 Å². The quantitative estimate of drug-likeness (QED) is 0.228. The zero-order valence-corrected chi connectivity index (χ0v) is 23.0. The van der Waals surface area contributed by atoms with Crippen molar-refractivity contribution in [2.45, 2.75) is 20.3 Å². The highest BCUT2D eigenvalue weighted by Gasteiger charge is 2.27. The molecule has 8 rings (SSSR count). The van der Waals surface area contributed by atoms with Crippen LogP contribution in [0, 0.1) is 13.8 Å². The Morgan fingerprint density at radius 3 is 2.35 bits per heavy atom. The maximum atomic E-state index is 5.31. The molecule has 0 unspecified atom stereocenters. The summed E-state index contributed by atoms with van der Waals surface area (Å²) in [6.07, 6.45) is 2.68. The lowest BCUT2D eigenvalue weighted by Crippen LogP contribution is -2.03. The Labute approximate surface area is 236 Å². The van der Waals surface area contributed by atoms with E-state index in [-0.39, 0.29) is 0 Å². The molecule has 5 heteroatoms. The summed E-state index contributed by atoms with van der Waals surface area (Å²) < 4.78 is 2.48. The van der Waals surface area contributed by atoms with Gasteiger partial charge in [-0.25, -0.2) is 0 Å². The molecule has 0 fully saturated rings. The maximum absolute atomic E-state index is 5.31. The summed E-state index contributed by atoms with van der Waals surface area (Å²) in [6, 6.07) is 32.3. The Bertz CT molecular complexity index is 2110. The third-order valence-corrected chi connectivity index (χ3v) is 9.37. The summed E-state index contributed by atoms with van der Waals surface area (Å²) in [5.41, 5.74) is 13.4. The lowest BCUT2D eigenvalue weighted by Gasteiger charge is -2.17. The Kier molecular flexibility index (Phi) is 5.16. The van der Waals surface area contributed by atoms with Crippen molar-refractivity contribution in [2.75, 3.05) is 0 Å². The molecule has 0 bridgehead atoms. The molecule has 1 aliphatic rings. The molecule has 0 N–H and O–H groups in total. The van der Waals surface area contributed by atoms with Crippen molar-refractivity contribution in [1.29, 1.82) is 0 Å². The van der Waals surface area contributed by atoms with Gasteiger partial charge < -0.3 is 0 Å². The molecule has 0 radical (unpaired) electrons. The molecule has 0 atom stereocenters. The summed E-state index contributed by atoms with van der Waals surface area (Å²) in [5, 5.41) is 15.7. The van der Waals surface area contributed by atoms with Gasteiger partial charge in [0.15, 0.2) is 0 Å². The number of thiophene rings is 1. The molecule has 0 saturated carbocycles. The van der Waals surface area contributed by atoms with E-state index in [4.69, 9.17) is 10.1 Å². The molecule has 190 valence electrons. The molecule has 3 heterocycles. The standard InChI is InChI=1S/C35H24N4S/c1-20-21(2)34(37-28-18-23-12-6-7-13-24(23)31(20)28)27-19-36-39-38-35(27)33-25(22-10-4-3-5-11-22)16-17-30-32(33)26-14-8-9-15-29(26)40-30/h3-17,19H,18H2,1-2H3. The normalized spacial score (nSPS) is 12.2. The number of aromatic nitrogens is 4. The molecule has 40 heavy (non-hydrogen) atoms. The highest BCUT2D eigenvalue weighted by Crippen LogP contribution is 2.47. The first-order valence-electron chi connectivity index (χ1n) is 13.5. The number of hydrogen-bond donors (Lipinski definition) is 0. The number of rotatable bonds is 3. The van der Waals surface area contributed by atoms with Crippen molar-refractivity contribution < 1.29 is 0 Å². The molecule has 4 aromatic carbocycles. The van der Waals surface area contributed by atoms with Crippen molar-refractivity contribution in [3.8, 4) is 44.8 Å². The molecule has 1 aliphatic carbocycles. The highest BCUT2D eigenvalue weighted by molar-refractivity contribution is 7.26. The summed E-state index contributed by atoms with van der Waals surface area (Å²) in [5.74, 6) is 0. The van der Waals surface area contributed by atoms with Crippen molar-refractivity contribution >= 4 is 31.5 Å². The van der Waals surface area contributed by atoms with Gasteiger partial charge in [0.2, 0.25) is 0 Å². The van der Waals surface area contributed by atoms with E-state index in [0.717, 1.165) is 51.3 Å². The molecule has 4 nitrogen and oxygen atoms in total. The third-order valence-electron chi connectivity index (χ3n) is 8.23. The van der Waals surface area contributed by atoms with Gasteiger partial charge in [0.25, 0.3) is 0 Å². The molecule has 0 spiro atoms. The number of fused-ring (bicyclic) bond motifs is 6. The maximum Gasteiger partial charge on any atom is 0.107 e. The van der Waals surface area contributed by atoms with Gasteiger partial charge in [-0.3, -0.25) is 4.98 Å². The van der Waals surface area contributed by atoms with Crippen LogP contribution in [-0.4, -0.2) is 20.4 Å². The van der Waals surface area contributed by atoms with Crippen LogP contribution in [0.5, 0.6) is 0 Å². The third kappa shape index (κ3) is 3.38. The molecule has 0 saturated heterocycles. The van der Waals surface area contributed by atoms with E-state index in [0.29, 0.717) is 0 Å². The summed E-state index contributed by atoms with van der Waals surface area (Å²) >= 11 is 1.81. The van der Waals surface area contributed by atoms with Crippen LogP contribution < -0.4 is 0 Å². The molecule has 7 aromatic rings. The van der Waals surface area contributed by atoms with Gasteiger partial charge in [0.05, 0.1) is 17.6 Å². The largest absolute Gasteiger partial charge is 0.251 e. The van der Waals surface area contributed by atoms with E-state index in [1.807, 2.05) is 17.5 Å². The van der Waals surface area contributed by atoms with Gasteiger partial charge in [-0.05, 0) is 64.6 Å². The second-order valence-corrected chi connectivity index (χ2v) is 11.5. The number of nitrogens with zero attached hydrogens (tertiary/aromatic N) is 4. The average Bonchev–Trinajstić information content (AvgIpc) is 3.57. The van der Waals surface area contributed by atoms with Gasteiger partial charge in [0, 0.05) is 43.3 Å². The fourth-order valence-corrected chi connectivity index (χ4v) is 7.36. The average molecular weight is 533 g/mol. The van der Waals surface area contributed by atoms with E-state index >= 15 is 0 Å². The molecule has 3 aromatic heterocycles. The first kappa shape index (κ1) is 23.2. The zero-order valence-electron chi connectivity index (χ0n) is 22.1. The minimum atomic E-state index is 0.813. The first-order chi connectivity index (χ1) is 19.7. The summed E-state index contributed by atoms with van der Waals surface area (Å²) in [7, 11) is 0. The summed E-state index contributed by atoms with van der Waals surface area (Å²) in [6.45, 7) is 4.38. The van der Waals surface area contributed by atoms with Crippen molar-refractivity contribution in [2.24, 2.45) is 0 Å². The van der Waals surface area contributed by atoms with E-state index in [9.17, 15) is 0 Å². The van der Waals surface area contributed by atoms with Crippen LogP contribution >= 0.6 is 11.3 Å². The summed E-state index contributed by atoms with van der Waals surface area (Å²) in [4.78, 5) is 5.31. The van der Waals surface area contributed by atoms with Gasteiger partial charge in [-0.15, -0.1) is 21.5 Å². The lowest BCUT2D eigenvalue weighted by molar-refractivity contribution is 0.871. The Balaban J connectivity index is 1.45. The SMILES string of the molecule is Cc1c(-c2cnnnc2-c2c(-c3ccccc3)ccc3sc4ccccc4c23)nc2c(c1C)-c1ccccc1C2. The highest BCUT2D eigenvalue weighted by atomic mass is 32.1. The fourth-order valence-electron chi connectivity index (χ4n) is 6.25. The molecule has 0 amide bonds. The topological polar surface area (TPSA) is 51.6 Å². The molecular weight excluding hydrogens is 508 g/mol. The molecule has 0 aliphatic heterocycles. The smallest absolute Gasteiger partial charge is 0.107 e. The Hall–Kier alpha value is -4.74. The van der Waals surface area contributed by atoms with Gasteiger partial charge >= 0.3 is 0 Å². The van der Waals surface area contributed by atoms with Crippen LogP contribution in [-0.2, 0) is 6.42 Å². The van der Waals surface area contributed by atoms with Gasteiger partial charge in [-0.2, -0.15) is 0 Å². The monoisotopic (exact) mass is 532 g/mol. The van der Waals surface area contributed by atoms with Crippen LogP contribution in [0.1, 0.15) is 22.4 Å². The minimum Gasteiger partial charge on any atom is -0.251 e. The first-order valence-corrected chi connectivity index (χ1v) is 14.3. The number of benzene rings is 4. The van der Waals surface area contributed by atoms with E-state index in [1.54, 1.807) is 0 Å². The van der Waals surface area contributed by atoms with E-state index in [1.165, 1.54) is 42.4 Å². The second kappa shape index (κ2) is 8.90. The van der Waals surface area contributed by atoms with Crippen molar-refractivity contribution in [1.82, 2.24) is 20.4 Å². The van der Waals surface area contributed by atoms with Crippen LogP contribution in [0.15, 0.2) is 97.2 Å². The Morgan fingerprint density at radius 1 is 0.650 bits per heavy atom. The van der Waals surface area contributed by atoms with Crippen LogP contribution in [0.2, 0.25) is 0 Å². The predicted molar refractivity (Wildman–Crippen MR) is 165 cm³/mol. The van der Waals surface area contributed by atoms with E-state index < -0.39 is 0 Å². The van der Waals surface area contributed by atoms with Crippen LogP contribution in [0.3, 0.4) is 0 Å². The van der Waals surface area contributed by atoms with Gasteiger partial charge in [-0.1, -0.05) is 78.9 Å². The lowest BCUT2D eigenvalue weighted by atomic mass is 9.89. The zero-order chi connectivity index (χ0) is 26.8. The predicted octanol–water partition coefficient (Wildman–Crippen LogP) is 8.82. The fraction of sp³-hybridized carbons (Fsp3) is 0.0857. The number of hydrogen-bond acceptors (Lipinski definition) is 5. The Morgan fingerprint density at radius 2 is 1.45 bits per heavy atom. The van der Waals surface area contributed by atoms with Crippen molar-refractivity contribution in [3.63, 3.8) is 0 Å². The van der Waals surface area contributed by atoms with Crippen molar-refractivity contribution in [3.05, 3.63) is 120 Å². The second-order valence-electron chi connectivity index (χ2n) is 10.4. The van der Waals surface area contributed by atoms with Crippen LogP contribution in [0.4, 0.5) is 0 Å². The molecular formula is C35H24N4S. The van der Waals surface area contributed by atoms with Gasteiger partial charge in [0.1, 0.15) is 5.69 Å². The van der Waals surface area contributed by atoms with E-state index in [2.05, 4.69) is 115 Å².